The van der Waals surface area contributed by atoms with E-state index in [1.807, 2.05) is 12.1 Å². The minimum absolute atomic E-state index is 0.167. The monoisotopic (exact) mass is 337 g/mol. The molecule has 23 heavy (non-hydrogen) atoms. The van der Waals surface area contributed by atoms with Gasteiger partial charge in [-0.3, -0.25) is 4.90 Å². The van der Waals surface area contributed by atoms with Gasteiger partial charge in [0.15, 0.2) is 0 Å². The number of phenolic OH excluding ortho intramolecular Hbond substituents is 1. The summed E-state index contributed by atoms with van der Waals surface area (Å²) in [6.07, 6.45) is 3.97. The average Bonchev–Trinajstić information content (AvgIpc) is 2.56. The van der Waals surface area contributed by atoms with Crippen molar-refractivity contribution in [1.29, 1.82) is 0 Å². The standard InChI is InChI=1S/C18H28ClN3O/c1-14-12-22(10-7-20-14)17(13-21-8-3-2-4-9-21)15-5-6-18(23)16(19)11-15/h5-6,11,14,17,20,23H,2-4,7-10,12-13H2,1H3. The smallest absolute Gasteiger partial charge is 0.134 e. The van der Waals surface area contributed by atoms with Crippen molar-refractivity contribution in [3.63, 3.8) is 0 Å². The maximum Gasteiger partial charge on any atom is 0.134 e. The molecule has 0 aliphatic carbocycles. The number of nitrogens with zero attached hydrogens (tertiary/aromatic N) is 2. The Bertz CT molecular complexity index is 519. The van der Waals surface area contributed by atoms with Gasteiger partial charge in [-0.05, 0) is 50.6 Å². The lowest BCUT2D eigenvalue weighted by Gasteiger charge is -2.41. The van der Waals surface area contributed by atoms with Gasteiger partial charge in [0.2, 0.25) is 0 Å². The fourth-order valence-electron chi connectivity index (χ4n) is 3.79. The summed E-state index contributed by atoms with van der Waals surface area (Å²) >= 11 is 6.17. The number of rotatable bonds is 4. The third-order valence-corrected chi connectivity index (χ3v) is 5.38. The van der Waals surface area contributed by atoms with E-state index >= 15 is 0 Å². The summed E-state index contributed by atoms with van der Waals surface area (Å²) in [6, 6.07) is 6.56. The fourth-order valence-corrected chi connectivity index (χ4v) is 3.98. The Balaban J connectivity index is 1.80. The number of piperazine rings is 1. The number of hydrogen-bond acceptors (Lipinski definition) is 4. The van der Waals surface area contributed by atoms with Gasteiger partial charge in [0.25, 0.3) is 0 Å². The van der Waals surface area contributed by atoms with Crippen molar-refractivity contribution < 1.29 is 5.11 Å². The van der Waals surface area contributed by atoms with Crippen LogP contribution >= 0.6 is 11.6 Å². The molecule has 2 heterocycles. The van der Waals surface area contributed by atoms with Gasteiger partial charge in [-0.1, -0.05) is 24.1 Å². The van der Waals surface area contributed by atoms with E-state index in [1.165, 1.54) is 37.9 Å². The summed E-state index contributed by atoms with van der Waals surface area (Å²) in [5.41, 5.74) is 1.22. The molecule has 2 saturated heterocycles. The van der Waals surface area contributed by atoms with E-state index in [9.17, 15) is 5.11 Å². The van der Waals surface area contributed by atoms with Crippen LogP contribution < -0.4 is 5.32 Å². The topological polar surface area (TPSA) is 38.7 Å². The number of phenols is 1. The first kappa shape index (κ1) is 17.0. The number of aromatic hydroxyl groups is 1. The molecule has 128 valence electrons. The number of piperidine rings is 1. The van der Waals surface area contributed by atoms with Gasteiger partial charge in [0.05, 0.1) is 5.02 Å². The summed E-state index contributed by atoms with van der Waals surface area (Å²) in [5.74, 6) is 0.167. The molecule has 5 heteroatoms. The second-order valence-corrected chi connectivity index (χ2v) is 7.35. The Hall–Kier alpha value is -0.810. The Morgan fingerprint density at radius 1 is 1.26 bits per heavy atom. The van der Waals surface area contributed by atoms with Crippen LogP contribution in [-0.2, 0) is 0 Å². The molecule has 2 aliphatic rings. The van der Waals surface area contributed by atoms with Crippen molar-refractivity contribution in [1.82, 2.24) is 15.1 Å². The summed E-state index contributed by atoms with van der Waals surface area (Å²) in [5, 5.41) is 13.7. The van der Waals surface area contributed by atoms with Gasteiger partial charge in [-0.25, -0.2) is 0 Å². The highest BCUT2D eigenvalue weighted by Gasteiger charge is 2.27. The second kappa shape index (κ2) is 7.84. The largest absolute Gasteiger partial charge is 0.506 e. The van der Waals surface area contributed by atoms with E-state index in [-0.39, 0.29) is 5.75 Å². The van der Waals surface area contributed by atoms with E-state index in [4.69, 9.17) is 11.6 Å². The quantitative estimate of drug-likeness (QED) is 0.886. The zero-order valence-electron chi connectivity index (χ0n) is 14.0. The molecule has 2 unspecified atom stereocenters. The van der Waals surface area contributed by atoms with E-state index in [2.05, 4.69) is 22.0 Å². The molecular weight excluding hydrogens is 310 g/mol. The van der Waals surface area contributed by atoms with Crippen LogP contribution in [0.2, 0.25) is 5.02 Å². The van der Waals surface area contributed by atoms with E-state index < -0.39 is 0 Å². The maximum absolute atomic E-state index is 9.73. The molecule has 0 aromatic heterocycles. The Morgan fingerprint density at radius 3 is 2.74 bits per heavy atom. The van der Waals surface area contributed by atoms with Crippen molar-refractivity contribution in [2.45, 2.75) is 38.3 Å². The molecule has 2 aliphatic heterocycles. The van der Waals surface area contributed by atoms with E-state index in [1.54, 1.807) is 6.07 Å². The molecule has 0 amide bonds. The highest BCUT2D eigenvalue weighted by Crippen LogP contribution is 2.31. The van der Waals surface area contributed by atoms with Gasteiger partial charge in [-0.15, -0.1) is 0 Å². The maximum atomic E-state index is 9.73. The number of nitrogens with one attached hydrogen (secondary N) is 1. The summed E-state index contributed by atoms with van der Waals surface area (Å²) in [4.78, 5) is 5.15. The summed E-state index contributed by atoms with van der Waals surface area (Å²) in [7, 11) is 0. The SMILES string of the molecule is CC1CN(C(CN2CCCCC2)c2ccc(O)c(Cl)c2)CCN1. The summed E-state index contributed by atoms with van der Waals surface area (Å²) in [6.45, 7) is 8.83. The lowest BCUT2D eigenvalue weighted by atomic mass is 10.0. The van der Waals surface area contributed by atoms with Crippen LogP contribution in [-0.4, -0.2) is 60.2 Å². The third-order valence-electron chi connectivity index (χ3n) is 5.08. The molecule has 1 aromatic rings. The minimum atomic E-state index is 0.167. The number of hydrogen-bond donors (Lipinski definition) is 2. The van der Waals surface area contributed by atoms with Crippen LogP contribution in [0.5, 0.6) is 5.75 Å². The van der Waals surface area contributed by atoms with E-state index in [0.29, 0.717) is 17.1 Å². The molecular formula is C18H28ClN3O. The van der Waals surface area contributed by atoms with Crippen LogP contribution in [0.3, 0.4) is 0 Å². The first-order chi connectivity index (χ1) is 11.1. The number of likely N-dealkylation sites (tertiary alicyclic amines) is 1. The molecule has 0 saturated carbocycles. The van der Waals surface area contributed by atoms with Gasteiger partial charge >= 0.3 is 0 Å². The normalized spacial score (nSPS) is 25.4. The predicted molar refractivity (Wildman–Crippen MR) is 95.2 cm³/mol. The van der Waals surface area contributed by atoms with Gasteiger partial charge in [0.1, 0.15) is 5.75 Å². The Morgan fingerprint density at radius 2 is 2.04 bits per heavy atom. The third kappa shape index (κ3) is 4.38. The van der Waals surface area contributed by atoms with Crippen molar-refractivity contribution in [2.75, 3.05) is 39.3 Å². The molecule has 4 nitrogen and oxygen atoms in total. The number of benzene rings is 1. The van der Waals surface area contributed by atoms with Crippen LogP contribution in [0.4, 0.5) is 0 Å². The molecule has 0 radical (unpaired) electrons. The molecule has 3 rings (SSSR count). The van der Waals surface area contributed by atoms with E-state index in [0.717, 1.165) is 26.2 Å². The highest BCUT2D eigenvalue weighted by molar-refractivity contribution is 6.32. The summed E-state index contributed by atoms with van der Waals surface area (Å²) < 4.78 is 0. The van der Waals surface area contributed by atoms with Crippen LogP contribution in [0.15, 0.2) is 18.2 Å². The first-order valence-corrected chi connectivity index (χ1v) is 9.19. The molecule has 1 aromatic carbocycles. The zero-order chi connectivity index (χ0) is 16.2. The Labute approximate surface area is 144 Å². The van der Waals surface area contributed by atoms with Crippen LogP contribution in [0.1, 0.15) is 37.8 Å². The number of halogens is 1. The fraction of sp³-hybridized carbons (Fsp3) is 0.667. The molecule has 2 atom stereocenters. The van der Waals surface area contributed by atoms with Crippen molar-refractivity contribution in [3.05, 3.63) is 28.8 Å². The lowest BCUT2D eigenvalue weighted by molar-refractivity contribution is 0.100. The molecule has 0 spiro atoms. The van der Waals surface area contributed by atoms with Gasteiger partial charge in [-0.2, -0.15) is 0 Å². The second-order valence-electron chi connectivity index (χ2n) is 6.94. The predicted octanol–water partition coefficient (Wildman–Crippen LogP) is 2.87. The first-order valence-electron chi connectivity index (χ1n) is 8.81. The van der Waals surface area contributed by atoms with Crippen molar-refractivity contribution >= 4 is 11.6 Å². The van der Waals surface area contributed by atoms with Gasteiger partial charge in [0, 0.05) is 38.3 Å². The average molecular weight is 338 g/mol. The minimum Gasteiger partial charge on any atom is -0.506 e. The molecule has 2 fully saturated rings. The Kier molecular flexibility index (Phi) is 5.81. The van der Waals surface area contributed by atoms with Crippen LogP contribution in [0, 0.1) is 0 Å². The van der Waals surface area contributed by atoms with Crippen molar-refractivity contribution in [3.8, 4) is 5.75 Å². The highest BCUT2D eigenvalue weighted by atomic mass is 35.5. The zero-order valence-corrected chi connectivity index (χ0v) is 14.7. The van der Waals surface area contributed by atoms with Gasteiger partial charge < -0.3 is 15.3 Å². The molecule has 0 bridgehead atoms. The van der Waals surface area contributed by atoms with Crippen molar-refractivity contribution in [2.24, 2.45) is 0 Å². The lowest BCUT2D eigenvalue weighted by Crippen LogP contribution is -2.52. The molecule has 2 N–H and O–H groups in total. The van der Waals surface area contributed by atoms with Crippen LogP contribution in [0.25, 0.3) is 0 Å².